The predicted octanol–water partition coefficient (Wildman–Crippen LogP) is 3.64. The summed E-state index contributed by atoms with van der Waals surface area (Å²) in [5.74, 6) is -0.773. The van der Waals surface area contributed by atoms with Gasteiger partial charge >= 0.3 is 5.97 Å². The monoisotopic (exact) mass is 422 g/mol. The predicted molar refractivity (Wildman–Crippen MR) is 111 cm³/mol. The van der Waals surface area contributed by atoms with E-state index in [9.17, 15) is 14.7 Å². The summed E-state index contributed by atoms with van der Waals surface area (Å²) in [6.45, 7) is 3.33. The van der Waals surface area contributed by atoms with Crippen molar-refractivity contribution in [2.75, 3.05) is 31.6 Å². The number of hydrogen-bond acceptors (Lipinski definition) is 6. The number of nitrogens with zero attached hydrogens (tertiary/aromatic N) is 1. The highest BCUT2D eigenvalue weighted by molar-refractivity contribution is 7.21. The third-order valence-electron chi connectivity index (χ3n) is 4.51. The lowest BCUT2D eigenvalue weighted by atomic mass is 10.0. The Bertz CT molecular complexity index is 840. The number of anilines is 1. The fraction of sp³-hybridized carbons (Fsp3) is 0.400. The highest BCUT2D eigenvalue weighted by Gasteiger charge is 2.27. The summed E-state index contributed by atoms with van der Waals surface area (Å²) in [6, 6.07) is 9.31. The maximum absolute atomic E-state index is 12.6. The van der Waals surface area contributed by atoms with Crippen molar-refractivity contribution < 1.29 is 19.4 Å². The van der Waals surface area contributed by atoms with Gasteiger partial charge in [0.2, 0.25) is 5.91 Å². The molecule has 1 aromatic carbocycles. The summed E-state index contributed by atoms with van der Waals surface area (Å²) in [4.78, 5) is 27.1. The van der Waals surface area contributed by atoms with Gasteiger partial charge in [-0.2, -0.15) is 0 Å². The van der Waals surface area contributed by atoms with Crippen LogP contribution in [-0.4, -0.2) is 54.2 Å². The maximum atomic E-state index is 12.6. The Balaban J connectivity index is 1.86. The third-order valence-corrected chi connectivity index (χ3v) is 5.82. The van der Waals surface area contributed by atoms with E-state index in [0.29, 0.717) is 21.4 Å². The number of likely N-dealkylation sites (tertiary alicyclic amines) is 1. The molecule has 1 aliphatic rings. The van der Waals surface area contributed by atoms with Crippen LogP contribution in [0.2, 0.25) is 4.34 Å². The first kappa shape index (κ1) is 20.8. The summed E-state index contributed by atoms with van der Waals surface area (Å²) >= 11 is 7.58. The fourth-order valence-electron chi connectivity index (χ4n) is 3.30. The Labute approximate surface area is 173 Å². The van der Waals surface area contributed by atoms with Gasteiger partial charge in [0.25, 0.3) is 0 Å². The summed E-state index contributed by atoms with van der Waals surface area (Å²) < 4.78 is 5.62. The van der Waals surface area contributed by atoms with E-state index in [1.807, 2.05) is 35.2 Å². The molecule has 28 heavy (non-hydrogen) atoms. The minimum absolute atomic E-state index is 0.148. The summed E-state index contributed by atoms with van der Waals surface area (Å²) in [7, 11) is 0. The molecular formula is C20H23ClN2O4S. The molecule has 2 heterocycles. The number of aliphatic hydroxyl groups is 1. The normalized spacial score (nSPS) is 17.3. The minimum atomic E-state index is -0.520. The van der Waals surface area contributed by atoms with E-state index in [4.69, 9.17) is 16.3 Å². The summed E-state index contributed by atoms with van der Waals surface area (Å²) in [6.07, 6.45) is 1.20. The smallest absolute Gasteiger partial charge is 0.341 e. The van der Waals surface area contributed by atoms with Gasteiger partial charge in [-0.05, 0) is 31.9 Å². The second kappa shape index (κ2) is 9.52. The van der Waals surface area contributed by atoms with E-state index in [2.05, 4.69) is 5.32 Å². The van der Waals surface area contributed by atoms with Crippen LogP contribution in [0.5, 0.6) is 0 Å². The first-order valence-corrected chi connectivity index (χ1v) is 10.4. The Morgan fingerprint density at radius 1 is 1.36 bits per heavy atom. The molecule has 0 radical (unpaired) electrons. The van der Waals surface area contributed by atoms with E-state index in [1.165, 1.54) is 0 Å². The quantitative estimate of drug-likeness (QED) is 0.695. The van der Waals surface area contributed by atoms with Gasteiger partial charge in [-0.1, -0.05) is 41.9 Å². The van der Waals surface area contributed by atoms with Crippen LogP contribution in [0.25, 0.3) is 11.1 Å². The average Bonchev–Trinajstić information content (AvgIpc) is 2.98. The van der Waals surface area contributed by atoms with Crippen molar-refractivity contribution in [3.05, 3.63) is 40.2 Å². The number of aliphatic hydroxyl groups excluding tert-OH is 1. The highest BCUT2D eigenvalue weighted by Crippen LogP contribution is 2.43. The lowest BCUT2D eigenvalue weighted by Crippen LogP contribution is -2.42. The van der Waals surface area contributed by atoms with Crippen molar-refractivity contribution in [2.24, 2.45) is 0 Å². The number of amides is 1. The molecule has 8 heteroatoms. The topological polar surface area (TPSA) is 78.9 Å². The Kier molecular flexibility index (Phi) is 7.07. The zero-order valence-corrected chi connectivity index (χ0v) is 17.2. The average molecular weight is 423 g/mol. The van der Waals surface area contributed by atoms with Gasteiger partial charge in [-0.3, -0.25) is 9.69 Å². The largest absolute Gasteiger partial charge is 0.462 e. The second-order valence-electron chi connectivity index (χ2n) is 6.62. The van der Waals surface area contributed by atoms with Gasteiger partial charge in [0.15, 0.2) is 0 Å². The number of ether oxygens (including phenoxy) is 1. The number of halogens is 1. The summed E-state index contributed by atoms with van der Waals surface area (Å²) in [5.41, 5.74) is 1.62. The molecule has 3 rings (SSSR count). The van der Waals surface area contributed by atoms with Crippen LogP contribution in [0, 0.1) is 0 Å². The number of carbonyl (C=O) groups is 2. The molecule has 1 fully saturated rings. The second-order valence-corrected chi connectivity index (χ2v) is 8.24. The van der Waals surface area contributed by atoms with Crippen LogP contribution in [0.15, 0.2) is 30.3 Å². The lowest BCUT2D eigenvalue weighted by molar-refractivity contribution is -0.117. The van der Waals surface area contributed by atoms with Gasteiger partial charge in [0, 0.05) is 12.1 Å². The molecule has 0 bridgehead atoms. The van der Waals surface area contributed by atoms with Crippen LogP contribution in [0.4, 0.5) is 5.00 Å². The molecule has 0 aliphatic carbocycles. The first-order valence-electron chi connectivity index (χ1n) is 9.24. The Morgan fingerprint density at radius 2 is 2.11 bits per heavy atom. The number of hydrogen-bond donors (Lipinski definition) is 2. The maximum Gasteiger partial charge on any atom is 0.341 e. The van der Waals surface area contributed by atoms with Crippen LogP contribution in [-0.2, 0) is 9.53 Å². The van der Waals surface area contributed by atoms with Crippen LogP contribution >= 0.6 is 22.9 Å². The molecule has 0 spiro atoms. The molecule has 1 amide bonds. The van der Waals surface area contributed by atoms with Crippen molar-refractivity contribution in [1.29, 1.82) is 0 Å². The number of benzene rings is 1. The van der Waals surface area contributed by atoms with Crippen molar-refractivity contribution in [3.8, 4) is 11.1 Å². The number of rotatable bonds is 6. The van der Waals surface area contributed by atoms with Crippen molar-refractivity contribution in [3.63, 3.8) is 0 Å². The first-order chi connectivity index (χ1) is 13.5. The number of carbonyl (C=O) groups excluding carboxylic acids is 2. The highest BCUT2D eigenvalue weighted by atomic mass is 35.5. The standard InChI is InChI=1S/C20H23ClN2O4S/c1-2-27-20(26)17-16(13-7-4-3-5-8-13)18(21)28-19(17)22-15(25)12-23-10-6-9-14(24)11-23/h3-5,7-8,14,24H,2,6,9-12H2,1H3,(H,22,25). The fourth-order valence-corrected chi connectivity index (χ4v) is 4.68. The molecule has 150 valence electrons. The van der Waals surface area contributed by atoms with Crippen LogP contribution in [0.1, 0.15) is 30.1 Å². The van der Waals surface area contributed by atoms with Gasteiger partial charge in [-0.15, -0.1) is 11.3 Å². The zero-order chi connectivity index (χ0) is 20.1. The molecule has 1 saturated heterocycles. The molecule has 6 nitrogen and oxygen atoms in total. The lowest BCUT2D eigenvalue weighted by Gasteiger charge is -2.29. The Hall–Kier alpha value is -1.93. The number of esters is 1. The minimum Gasteiger partial charge on any atom is -0.462 e. The SMILES string of the molecule is CCOC(=O)c1c(NC(=O)CN2CCCC(O)C2)sc(Cl)c1-c1ccccc1. The van der Waals surface area contributed by atoms with Gasteiger partial charge in [-0.25, -0.2) is 4.79 Å². The number of piperidine rings is 1. The number of nitrogens with one attached hydrogen (secondary N) is 1. The van der Waals surface area contributed by atoms with E-state index < -0.39 is 12.1 Å². The molecule has 1 unspecified atom stereocenters. The van der Waals surface area contributed by atoms with Crippen LogP contribution < -0.4 is 5.32 Å². The number of thiophene rings is 1. The third kappa shape index (κ3) is 4.91. The van der Waals surface area contributed by atoms with Gasteiger partial charge in [0.1, 0.15) is 14.9 Å². The Morgan fingerprint density at radius 3 is 2.79 bits per heavy atom. The van der Waals surface area contributed by atoms with Crippen LogP contribution in [0.3, 0.4) is 0 Å². The van der Waals surface area contributed by atoms with E-state index in [-0.39, 0.29) is 24.6 Å². The van der Waals surface area contributed by atoms with E-state index in [0.717, 1.165) is 36.3 Å². The summed E-state index contributed by atoms with van der Waals surface area (Å²) in [5, 5.41) is 13.0. The molecule has 1 atom stereocenters. The number of β-amino-alcohol motifs (C(OH)–C–C–N with tert-alkyl or cyclic N) is 1. The molecule has 1 aromatic heterocycles. The van der Waals surface area contributed by atoms with Gasteiger partial charge < -0.3 is 15.2 Å². The molecule has 2 N–H and O–H groups in total. The molecule has 0 saturated carbocycles. The molecule has 2 aromatic rings. The van der Waals surface area contributed by atoms with Gasteiger partial charge in [0.05, 0.1) is 19.3 Å². The molecular weight excluding hydrogens is 400 g/mol. The van der Waals surface area contributed by atoms with E-state index in [1.54, 1.807) is 6.92 Å². The zero-order valence-electron chi connectivity index (χ0n) is 15.6. The van der Waals surface area contributed by atoms with Crippen molar-refractivity contribution in [2.45, 2.75) is 25.9 Å². The molecule has 1 aliphatic heterocycles. The van der Waals surface area contributed by atoms with E-state index >= 15 is 0 Å². The van der Waals surface area contributed by atoms with Crippen molar-refractivity contribution in [1.82, 2.24) is 4.90 Å². The van der Waals surface area contributed by atoms with Crippen molar-refractivity contribution >= 4 is 39.8 Å².